The summed E-state index contributed by atoms with van der Waals surface area (Å²) >= 11 is 0. The molecule has 3 aliphatic carbocycles. The molecule has 0 nitrogen and oxygen atoms in total. The highest BCUT2D eigenvalue weighted by atomic mass is 14.4. The molecule has 3 rings (SSSR count). The molecule has 2 unspecified atom stereocenters. The van der Waals surface area contributed by atoms with Crippen molar-refractivity contribution in [2.45, 2.75) is 122 Å². The Morgan fingerprint density at radius 1 is 0.409 bits per heavy atom. The standard InChI is InChI=1S/C22H40/c1-2-6-10-16-22(17-11-7-3-4-8-12-18-22)19-21-15-14-20(21)13-9-5-1/h20-21H,1-19H2. The topological polar surface area (TPSA) is 0 Å². The molecule has 3 fully saturated rings. The Labute approximate surface area is 139 Å². The summed E-state index contributed by atoms with van der Waals surface area (Å²) in [4.78, 5) is 0. The van der Waals surface area contributed by atoms with Crippen molar-refractivity contribution in [3.05, 3.63) is 0 Å². The zero-order chi connectivity index (χ0) is 15.1. The molecule has 22 heavy (non-hydrogen) atoms. The molecule has 3 aliphatic rings. The normalized spacial score (nSPS) is 34.9. The summed E-state index contributed by atoms with van der Waals surface area (Å²) < 4.78 is 0. The van der Waals surface area contributed by atoms with Gasteiger partial charge in [-0.2, -0.15) is 0 Å². The quantitative estimate of drug-likeness (QED) is 0.431. The Balaban J connectivity index is 1.65. The van der Waals surface area contributed by atoms with Gasteiger partial charge in [-0.3, -0.25) is 0 Å². The van der Waals surface area contributed by atoms with Gasteiger partial charge in [-0.05, 0) is 55.8 Å². The van der Waals surface area contributed by atoms with Crippen molar-refractivity contribution in [2.75, 3.05) is 0 Å². The lowest BCUT2D eigenvalue weighted by Gasteiger charge is -2.45. The van der Waals surface area contributed by atoms with Crippen LogP contribution in [0.2, 0.25) is 0 Å². The lowest BCUT2D eigenvalue weighted by atomic mass is 9.60. The molecule has 0 radical (unpaired) electrons. The zero-order valence-electron chi connectivity index (χ0n) is 15.1. The second-order valence-corrected chi connectivity index (χ2v) is 9.08. The Morgan fingerprint density at radius 3 is 1.36 bits per heavy atom. The van der Waals surface area contributed by atoms with E-state index in [0.717, 1.165) is 17.3 Å². The van der Waals surface area contributed by atoms with Crippen molar-refractivity contribution in [3.63, 3.8) is 0 Å². The number of fused-ring (bicyclic) bond motifs is 1. The lowest BCUT2D eigenvalue weighted by Crippen LogP contribution is -2.33. The van der Waals surface area contributed by atoms with E-state index in [-0.39, 0.29) is 0 Å². The van der Waals surface area contributed by atoms with E-state index in [1.165, 1.54) is 77.0 Å². The van der Waals surface area contributed by atoms with E-state index in [1.807, 2.05) is 0 Å². The summed E-state index contributed by atoms with van der Waals surface area (Å²) in [5.74, 6) is 2.25. The van der Waals surface area contributed by atoms with Crippen molar-refractivity contribution < 1.29 is 0 Å². The highest BCUT2D eigenvalue weighted by Gasteiger charge is 2.38. The van der Waals surface area contributed by atoms with Gasteiger partial charge in [0.1, 0.15) is 0 Å². The van der Waals surface area contributed by atoms with E-state index < -0.39 is 0 Å². The average molecular weight is 305 g/mol. The lowest BCUT2D eigenvalue weighted by molar-refractivity contribution is 0.0610. The molecule has 0 aliphatic heterocycles. The second kappa shape index (κ2) is 8.74. The SMILES string of the molecule is C1CCCCC2(CCCCCCCC2)CC2CCC2CCC1. The Bertz CT molecular complexity index is 295. The molecule has 0 heterocycles. The average Bonchev–Trinajstić information content (AvgIpc) is 2.62. The van der Waals surface area contributed by atoms with E-state index in [2.05, 4.69) is 0 Å². The van der Waals surface area contributed by atoms with Crippen LogP contribution in [0.1, 0.15) is 122 Å². The van der Waals surface area contributed by atoms with Crippen molar-refractivity contribution >= 4 is 0 Å². The van der Waals surface area contributed by atoms with Gasteiger partial charge in [0.2, 0.25) is 0 Å². The van der Waals surface area contributed by atoms with Gasteiger partial charge in [0, 0.05) is 0 Å². The summed E-state index contributed by atoms with van der Waals surface area (Å²) in [5, 5.41) is 0. The molecule has 3 saturated carbocycles. The molecule has 0 amide bonds. The first-order valence-corrected chi connectivity index (χ1v) is 10.9. The minimum absolute atomic E-state index is 0.771. The molecule has 128 valence electrons. The fraction of sp³-hybridized carbons (Fsp3) is 1.00. The van der Waals surface area contributed by atoms with E-state index in [0.29, 0.717) is 0 Å². The maximum Gasteiger partial charge on any atom is -0.0295 e. The molecular weight excluding hydrogens is 264 g/mol. The van der Waals surface area contributed by atoms with Gasteiger partial charge in [0.25, 0.3) is 0 Å². The first-order valence-electron chi connectivity index (χ1n) is 10.9. The summed E-state index contributed by atoms with van der Waals surface area (Å²) in [5.41, 5.74) is 0.771. The van der Waals surface area contributed by atoms with Gasteiger partial charge >= 0.3 is 0 Å². The van der Waals surface area contributed by atoms with Gasteiger partial charge in [0.15, 0.2) is 0 Å². The maximum absolute atomic E-state index is 1.62. The maximum atomic E-state index is 1.62. The van der Waals surface area contributed by atoms with Crippen molar-refractivity contribution in [3.8, 4) is 0 Å². The van der Waals surface area contributed by atoms with Crippen molar-refractivity contribution in [2.24, 2.45) is 17.3 Å². The van der Waals surface area contributed by atoms with Crippen LogP contribution in [-0.4, -0.2) is 0 Å². The molecule has 0 aromatic carbocycles. The van der Waals surface area contributed by atoms with Crippen LogP contribution >= 0.6 is 0 Å². The number of hydrogen-bond donors (Lipinski definition) is 0. The monoisotopic (exact) mass is 304 g/mol. The summed E-state index contributed by atoms with van der Waals surface area (Å²) in [7, 11) is 0. The van der Waals surface area contributed by atoms with Gasteiger partial charge in [0.05, 0.1) is 0 Å². The molecule has 1 spiro atoms. The van der Waals surface area contributed by atoms with Crippen LogP contribution in [-0.2, 0) is 0 Å². The van der Waals surface area contributed by atoms with Crippen LogP contribution in [0.4, 0.5) is 0 Å². The van der Waals surface area contributed by atoms with Crippen LogP contribution in [0.15, 0.2) is 0 Å². The van der Waals surface area contributed by atoms with Crippen LogP contribution in [0, 0.1) is 17.3 Å². The Kier molecular flexibility index (Phi) is 6.69. The van der Waals surface area contributed by atoms with E-state index in [1.54, 1.807) is 44.9 Å². The highest BCUT2D eigenvalue weighted by molar-refractivity contribution is 4.90. The minimum atomic E-state index is 0.771. The third-order valence-electron chi connectivity index (χ3n) is 7.47. The van der Waals surface area contributed by atoms with Crippen LogP contribution in [0.5, 0.6) is 0 Å². The molecule has 0 bridgehead atoms. The second-order valence-electron chi connectivity index (χ2n) is 9.08. The van der Waals surface area contributed by atoms with Crippen LogP contribution < -0.4 is 0 Å². The van der Waals surface area contributed by atoms with E-state index in [4.69, 9.17) is 0 Å². The largest absolute Gasteiger partial charge is 0.0533 e. The Hall–Kier alpha value is 0. The minimum Gasteiger partial charge on any atom is -0.0533 e. The molecule has 0 heteroatoms. The first kappa shape index (κ1) is 16.8. The molecular formula is C22H40. The van der Waals surface area contributed by atoms with Gasteiger partial charge in [-0.25, -0.2) is 0 Å². The van der Waals surface area contributed by atoms with Crippen LogP contribution in [0.25, 0.3) is 0 Å². The van der Waals surface area contributed by atoms with Crippen LogP contribution in [0.3, 0.4) is 0 Å². The third kappa shape index (κ3) is 4.75. The van der Waals surface area contributed by atoms with E-state index in [9.17, 15) is 0 Å². The van der Waals surface area contributed by atoms with Crippen molar-refractivity contribution in [1.29, 1.82) is 0 Å². The molecule has 0 saturated heterocycles. The predicted molar refractivity (Wildman–Crippen MR) is 97.1 cm³/mol. The van der Waals surface area contributed by atoms with Crippen molar-refractivity contribution in [1.82, 2.24) is 0 Å². The van der Waals surface area contributed by atoms with Gasteiger partial charge in [-0.1, -0.05) is 83.5 Å². The van der Waals surface area contributed by atoms with Gasteiger partial charge in [-0.15, -0.1) is 0 Å². The first-order chi connectivity index (χ1) is 10.9. The van der Waals surface area contributed by atoms with E-state index >= 15 is 0 Å². The Morgan fingerprint density at radius 2 is 0.864 bits per heavy atom. The fourth-order valence-electron chi connectivity index (χ4n) is 5.84. The molecule has 0 aromatic heterocycles. The number of hydrogen-bond acceptors (Lipinski definition) is 0. The molecule has 0 N–H and O–H groups in total. The third-order valence-corrected chi connectivity index (χ3v) is 7.47. The summed E-state index contributed by atoms with van der Waals surface area (Å²) in [6, 6.07) is 0. The molecule has 0 aromatic rings. The zero-order valence-corrected chi connectivity index (χ0v) is 15.1. The predicted octanol–water partition coefficient (Wildman–Crippen LogP) is 7.66. The highest BCUT2D eigenvalue weighted by Crippen LogP contribution is 2.51. The smallest absolute Gasteiger partial charge is 0.0295 e. The van der Waals surface area contributed by atoms with Gasteiger partial charge < -0.3 is 0 Å². The summed E-state index contributed by atoms with van der Waals surface area (Å²) in [6.45, 7) is 0. The summed E-state index contributed by atoms with van der Waals surface area (Å²) in [6.07, 6.45) is 29.4. The number of rotatable bonds is 0. The fourth-order valence-corrected chi connectivity index (χ4v) is 5.84. The molecule has 2 atom stereocenters.